The van der Waals surface area contributed by atoms with Gasteiger partial charge in [0, 0.05) is 11.1 Å². The molecule has 4 nitrogen and oxygen atoms in total. The van der Waals surface area contributed by atoms with Crippen molar-refractivity contribution in [2.24, 2.45) is 0 Å². The first-order valence-corrected chi connectivity index (χ1v) is 8.22. The third kappa shape index (κ3) is 11.5. The van der Waals surface area contributed by atoms with E-state index in [2.05, 4.69) is 24.8 Å². The van der Waals surface area contributed by atoms with Crippen LogP contribution in [-0.4, -0.2) is 25.7 Å². The molecule has 136 valence electrons. The number of hydrogen-bond donors (Lipinski definition) is 0. The maximum Gasteiger partial charge on any atom is 0.333 e. The van der Waals surface area contributed by atoms with Gasteiger partial charge in [-0.3, -0.25) is 0 Å². The minimum Gasteiger partial charge on any atom is -0.466 e. The van der Waals surface area contributed by atoms with Crippen molar-refractivity contribution >= 4 is 18.0 Å². The summed E-state index contributed by atoms with van der Waals surface area (Å²) in [6.45, 7) is 11.3. The zero-order valence-corrected chi connectivity index (χ0v) is 15.4. The highest BCUT2D eigenvalue weighted by Crippen LogP contribution is 2.06. The standard InChI is InChI=1S/C13H14O2.C8H14O2/c1-11(13(14)15-2)7-6-10-12-8-4-3-5-9-12;1-4-5-6-10-8(9)7(2)3/h3-6,8-10H,1,7H2,2H3;2,4-6H2,1,3H3. The van der Waals surface area contributed by atoms with E-state index in [4.69, 9.17) is 4.74 Å². The molecule has 0 aromatic heterocycles. The van der Waals surface area contributed by atoms with E-state index >= 15 is 0 Å². The molecule has 0 fully saturated rings. The molecule has 0 saturated heterocycles. The molecule has 0 saturated carbocycles. The lowest BCUT2D eigenvalue weighted by molar-refractivity contribution is -0.139. The Morgan fingerprint density at radius 1 is 1.12 bits per heavy atom. The van der Waals surface area contributed by atoms with Gasteiger partial charge in [-0.05, 0) is 25.3 Å². The van der Waals surface area contributed by atoms with Crippen LogP contribution in [0, 0.1) is 0 Å². The third-order valence-electron chi connectivity index (χ3n) is 3.03. The summed E-state index contributed by atoms with van der Waals surface area (Å²) in [6, 6.07) is 9.89. The van der Waals surface area contributed by atoms with E-state index in [-0.39, 0.29) is 11.9 Å². The molecule has 0 spiro atoms. The van der Waals surface area contributed by atoms with Gasteiger partial charge in [0.05, 0.1) is 13.7 Å². The fraction of sp³-hybridized carbons (Fsp3) is 0.333. The Morgan fingerprint density at radius 3 is 2.28 bits per heavy atom. The third-order valence-corrected chi connectivity index (χ3v) is 3.03. The van der Waals surface area contributed by atoms with E-state index < -0.39 is 0 Å². The Labute approximate surface area is 150 Å². The van der Waals surface area contributed by atoms with Crippen LogP contribution >= 0.6 is 0 Å². The molecule has 4 heteroatoms. The van der Waals surface area contributed by atoms with Crippen LogP contribution in [0.4, 0.5) is 0 Å². The van der Waals surface area contributed by atoms with Gasteiger partial charge < -0.3 is 9.47 Å². The number of carbonyl (C=O) groups is 2. The molecule has 0 aliphatic carbocycles. The summed E-state index contributed by atoms with van der Waals surface area (Å²) >= 11 is 0. The lowest BCUT2D eigenvalue weighted by Crippen LogP contribution is -2.05. The topological polar surface area (TPSA) is 52.6 Å². The van der Waals surface area contributed by atoms with Crippen molar-refractivity contribution in [2.75, 3.05) is 13.7 Å². The quantitative estimate of drug-likeness (QED) is 0.389. The van der Waals surface area contributed by atoms with Crippen molar-refractivity contribution in [1.29, 1.82) is 0 Å². The summed E-state index contributed by atoms with van der Waals surface area (Å²) in [6.07, 6.45) is 6.34. The summed E-state index contributed by atoms with van der Waals surface area (Å²) in [4.78, 5) is 21.7. The number of unbranched alkanes of at least 4 members (excludes halogenated alkanes) is 1. The average molecular weight is 344 g/mol. The largest absolute Gasteiger partial charge is 0.466 e. The van der Waals surface area contributed by atoms with Gasteiger partial charge in [0.15, 0.2) is 0 Å². The number of allylic oxidation sites excluding steroid dienone is 1. The number of benzene rings is 1. The first-order chi connectivity index (χ1) is 11.9. The summed E-state index contributed by atoms with van der Waals surface area (Å²) < 4.78 is 9.35. The van der Waals surface area contributed by atoms with Crippen LogP contribution in [0.3, 0.4) is 0 Å². The van der Waals surface area contributed by atoms with Gasteiger partial charge in [-0.15, -0.1) is 0 Å². The lowest BCUT2D eigenvalue weighted by Gasteiger charge is -2.01. The minimum absolute atomic E-state index is 0.284. The lowest BCUT2D eigenvalue weighted by atomic mass is 10.1. The summed E-state index contributed by atoms with van der Waals surface area (Å²) in [5, 5.41) is 0. The Balaban J connectivity index is 0.000000504. The second kappa shape index (κ2) is 13.8. The van der Waals surface area contributed by atoms with Gasteiger partial charge in [-0.1, -0.05) is 69.0 Å². The molecule has 0 atom stereocenters. The maximum atomic E-state index is 11.0. The monoisotopic (exact) mass is 344 g/mol. The van der Waals surface area contributed by atoms with E-state index in [1.165, 1.54) is 7.11 Å². The molecule has 0 aliphatic rings. The van der Waals surface area contributed by atoms with Crippen LogP contribution in [0.5, 0.6) is 0 Å². The van der Waals surface area contributed by atoms with Gasteiger partial charge in [0.2, 0.25) is 0 Å². The van der Waals surface area contributed by atoms with Crippen molar-refractivity contribution in [3.63, 3.8) is 0 Å². The molecule has 0 unspecified atom stereocenters. The zero-order valence-electron chi connectivity index (χ0n) is 15.4. The van der Waals surface area contributed by atoms with Crippen LogP contribution in [0.1, 0.15) is 38.7 Å². The van der Waals surface area contributed by atoms with Crippen molar-refractivity contribution in [3.05, 3.63) is 66.3 Å². The van der Waals surface area contributed by atoms with E-state index in [1.807, 2.05) is 42.5 Å². The summed E-state index contributed by atoms with van der Waals surface area (Å²) in [5.74, 6) is -0.638. The smallest absolute Gasteiger partial charge is 0.333 e. The number of methoxy groups -OCH3 is 1. The number of carbonyl (C=O) groups excluding carboxylic acids is 2. The van der Waals surface area contributed by atoms with Gasteiger partial charge in [0.25, 0.3) is 0 Å². The summed E-state index contributed by atoms with van der Waals surface area (Å²) in [7, 11) is 1.36. The van der Waals surface area contributed by atoms with Crippen molar-refractivity contribution in [1.82, 2.24) is 0 Å². The van der Waals surface area contributed by atoms with Crippen LogP contribution in [-0.2, 0) is 19.1 Å². The average Bonchev–Trinajstić information content (AvgIpc) is 2.62. The van der Waals surface area contributed by atoms with E-state index in [0.717, 1.165) is 18.4 Å². The SMILES string of the molecule is C=C(C)C(=O)OCCCC.C=C(CC=Cc1ccccc1)C(=O)OC. The predicted molar refractivity (Wildman–Crippen MR) is 102 cm³/mol. The highest BCUT2D eigenvalue weighted by atomic mass is 16.5. The highest BCUT2D eigenvalue weighted by molar-refractivity contribution is 5.88. The fourth-order valence-electron chi connectivity index (χ4n) is 1.56. The second-order valence-electron chi connectivity index (χ2n) is 5.38. The zero-order chi connectivity index (χ0) is 19.1. The Bertz CT molecular complexity index is 585. The first-order valence-electron chi connectivity index (χ1n) is 8.22. The maximum absolute atomic E-state index is 11.0. The molecule has 0 heterocycles. The van der Waals surface area contributed by atoms with Crippen LogP contribution in [0.15, 0.2) is 60.7 Å². The Hall–Kier alpha value is -2.62. The normalized spacial score (nSPS) is 9.72. The van der Waals surface area contributed by atoms with Gasteiger partial charge in [0.1, 0.15) is 0 Å². The van der Waals surface area contributed by atoms with Crippen molar-refractivity contribution in [2.45, 2.75) is 33.1 Å². The molecule has 0 bridgehead atoms. The molecule has 1 rings (SSSR count). The Morgan fingerprint density at radius 2 is 1.76 bits per heavy atom. The van der Waals surface area contributed by atoms with Gasteiger partial charge in [-0.2, -0.15) is 0 Å². The molecular weight excluding hydrogens is 316 g/mol. The first kappa shape index (κ1) is 22.4. The van der Waals surface area contributed by atoms with Crippen LogP contribution < -0.4 is 0 Å². The molecule has 0 amide bonds. The minimum atomic E-state index is -0.354. The molecule has 25 heavy (non-hydrogen) atoms. The summed E-state index contributed by atoms with van der Waals surface area (Å²) in [5.41, 5.74) is 2.04. The van der Waals surface area contributed by atoms with Crippen molar-refractivity contribution < 1.29 is 19.1 Å². The number of esters is 2. The Kier molecular flexibility index (Phi) is 12.3. The molecule has 1 aromatic carbocycles. The molecule has 1 aromatic rings. The fourth-order valence-corrected chi connectivity index (χ4v) is 1.56. The van der Waals surface area contributed by atoms with E-state index in [1.54, 1.807) is 6.92 Å². The number of ether oxygens (including phenoxy) is 2. The predicted octanol–water partition coefficient (Wildman–Crippen LogP) is 4.72. The van der Waals surface area contributed by atoms with Crippen molar-refractivity contribution in [3.8, 4) is 0 Å². The van der Waals surface area contributed by atoms with Crippen LogP contribution in [0.25, 0.3) is 6.08 Å². The van der Waals surface area contributed by atoms with Gasteiger partial charge in [-0.25, -0.2) is 9.59 Å². The molecular formula is C21H28O4. The van der Waals surface area contributed by atoms with Gasteiger partial charge >= 0.3 is 11.9 Å². The molecule has 0 aliphatic heterocycles. The van der Waals surface area contributed by atoms with E-state index in [0.29, 0.717) is 24.2 Å². The second-order valence-corrected chi connectivity index (χ2v) is 5.38. The molecule has 0 radical (unpaired) electrons. The molecule has 0 N–H and O–H groups in total. The highest BCUT2D eigenvalue weighted by Gasteiger charge is 2.03. The number of hydrogen-bond acceptors (Lipinski definition) is 4. The number of rotatable bonds is 8. The van der Waals surface area contributed by atoms with E-state index in [9.17, 15) is 9.59 Å². The van der Waals surface area contributed by atoms with Crippen LogP contribution in [0.2, 0.25) is 0 Å².